The number of aromatic nitrogens is 2. The van der Waals surface area contributed by atoms with Gasteiger partial charge in [-0.1, -0.05) is 24.3 Å². The van der Waals surface area contributed by atoms with E-state index in [4.69, 9.17) is 9.84 Å². The van der Waals surface area contributed by atoms with Gasteiger partial charge in [-0.3, -0.25) is 4.68 Å². The summed E-state index contributed by atoms with van der Waals surface area (Å²) in [6, 6.07) is 16.4. The van der Waals surface area contributed by atoms with Gasteiger partial charge in [0, 0.05) is 11.8 Å². The molecule has 0 bridgehead atoms. The summed E-state index contributed by atoms with van der Waals surface area (Å²) in [6.45, 7) is 2.68. The van der Waals surface area contributed by atoms with E-state index in [1.54, 1.807) is 11.8 Å². The minimum Gasteiger partial charge on any atom is -0.497 e. The molecule has 4 nitrogen and oxygen atoms in total. The molecule has 3 aromatic rings. The number of aliphatic hydroxyl groups is 1. The predicted molar refractivity (Wildman–Crippen MR) is 91.5 cm³/mol. The first-order valence-corrected chi connectivity index (χ1v) is 7.61. The monoisotopic (exact) mass is 308 g/mol. The second-order valence-corrected chi connectivity index (χ2v) is 5.45. The molecular weight excluding hydrogens is 288 g/mol. The van der Waals surface area contributed by atoms with E-state index < -0.39 is 0 Å². The van der Waals surface area contributed by atoms with Gasteiger partial charge in [-0.05, 0) is 47.9 Å². The van der Waals surface area contributed by atoms with Crippen LogP contribution in [0.25, 0.3) is 22.4 Å². The lowest BCUT2D eigenvalue weighted by Gasteiger charge is -2.09. The normalized spacial score (nSPS) is 10.7. The number of benzene rings is 2. The molecule has 1 N–H and O–H groups in total. The first kappa shape index (κ1) is 15.3. The summed E-state index contributed by atoms with van der Waals surface area (Å²) in [7, 11) is 1.68. The summed E-state index contributed by atoms with van der Waals surface area (Å²) in [5.41, 5.74) is 5.48. The third-order valence-corrected chi connectivity index (χ3v) is 3.87. The van der Waals surface area contributed by atoms with Gasteiger partial charge in [0.1, 0.15) is 5.75 Å². The first-order chi connectivity index (χ1) is 11.2. The fourth-order valence-corrected chi connectivity index (χ4v) is 2.68. The van der Waals surface area contributed by atoms with E-state index in [9.17, 15) is 0 Å². The van der Waals surface area contributed by atoms with Crippen molar-refractivity contribution < 1.29 is 9.84 Å². The van der Waals surface area contributed by atoms with Crippen molar-refractivity contribution in [2.75, 3.05) is 13.7 Å². The van der Waals surface area contributed by atoms with Crippen molar-refractivity contribution in [3.8, 4) is 28.1 Å². The molecule has 2 aromatic carbocycles. The van der Waals surface area contributed by atoms with Crippen LogP contribution in [0.1, 0.15) is 5.56 Å². The molecule has 3 rings (SSSR count). The van der Waals surface area contributed by atoms with Crippen LogP contribution < -0.4 is 4.74 Å². The molecule has 0 atom stereocenters. The van der Waals surface area contributed by atoms with Gasteiger partial charge in [-0.15, -0.1) is 0 Å². The molecule has 0 unspecified atom stereocenters. The largest absolute Gasteiger partial charge is 0.497 e. The molecule has 118 valence electrons. The molecule has 1 aromatic heterocycles. The van der Waals surface area contributed by atoms with Crippen LogP contribution in [-0.2, 0) is 6.54 Å². The number of ether oxygens (including phenoxy) is 1. The number of aliphatic hydroxyl groups excluding tert-OH is 1. The molecule has 0 amide bonds. The molecule has 0 spiro atoms. The lowest BCUT2D eigenvalue weighted by Crippen LogP contribution is -2.02. The van der Waals surface area contributed by atoms with Gasteiger partial charge in [0.25, 0.3) is 0 Å². The number of hydrogen-bond donors (Lipinski definition) is 1. The van der Waals surface area contributed by atoms with Crippen molar-refractivity contribution >= 4 is 0 Å². The fraction of sp³-hybridized carbons (Fsp3) is 0.211. The van der Waals surface area contributed by atoms with Crippen molar-refractivity contribution in [2.45, 2.75) is 13.5 Å². The molecule has 0 fully saturated rings. The van der Waals surface area contributed by atoms with E-state index in [2.05, 4.69) is 30.2 Å². The Morgan fingerprint density at radius 1 is 1.09 bits per heavy atom. The Morgan fingerprint density at radius 3 is 2.65 bits per heavy atom. The van der Waals surface area contributed by atoms with E-state index in [1.807, 2.05) is 36.5 Å². The lowest BCUT2D eigenvalue weighted by atomic mass is 9.98. The topological polar surface area (TPSA) is 47.3 Å². The molecule has 0 saturated carbocycles. The van der Waals surface area contributed by atoms with Crippen LogP contribution in [-0.4, -0.2) is 28.6 Å². The predicted octanol–water partition coefficient (Wildman–Crippen LogP) is 3.53. The summed E-state index contributed by atoms with van der Waals surface area (Å²) in [6.07, 6.45) is 1.89. The van der Waals surface area contributed by atoms with E-state index >= 15 is 0 Å². The highest BCUT2D eigenvalue weighted by molar-refractivity contribution is 5.73. The number of hydrogen-bond acceptors (Lipinski definition) is 3. The minimum absolute atomic E-state index is 0.0895. The van der Waals surface area contributed by atoms with Crippen LogP contribution in [0.4, 0.5) is 0 Å². The number of rotatable bonds is 5. The Kier molecular flexibility index (Phi) is 4.44. The highest BCUT2D eigenvalue weighted by atomic mass is 16.5. The maximum atomic E-state index is 8.99. The van der Waals surface area contributed by atoms with E-state index in [0.717, 1.165) is 22.6 Å². The summed E-state index contributed by atoms with van der Waals surface area (Å²) in [5.74, 6) is 0.866. The summed E-state index contributed by atoms with van der Waals surface area (Å²) in [4.78, 5) is 0. The van der Waals surface area contributed by atoms with Crippen molar-refractivity contribution in [1.82, 2.24) is 9.78 Å². The van der Waals surface area contributed by atoms with E-state index in [-0.39, 0.29) is 6.61 Å². The SMILES string of the molecule is COc1ccc(-c2cccc(-c3ccn(CCO)n3)c2)c(C)c1. The average Bonchev–Trinajstić information content (AvgIpc) is 3.04. The zero-order chi connectivity index (χ0) is 16.2. The minimum atomic E-state index is 0.0895. The lowest BCUT2D eigenvalue weighted by molar-refractivity contribution is 0.269. The van der Waals surface area contributed by atoms with Gasteiger partial charge in [0.2, 0.25) is 0 Å². The standard InChI is InChI=1S/C19H20N2O2/c1-14-12-17(23-2)6-7-18(14)15-4-3-5-16(13-15)19-8-9-21(20-19)10-11-22/h3-9,12-13,22H,10-11H2,1-2H3. The fourth-order valence-electron chi connectivity index (χ4n) is 2.68. The van der Waals surface area contributed by atoms with Crippen molar-refractivity contribution in [3.63, 3.8) is 0 Å². The zero-order valence-electron chi connectivity index (χ0n) is 13.4. The second kappa shape index (κ2) is 6.67. The van der Waals surface area contributed by atoms with Crippen LogP contribution >= 0.6 is 0 Å². The molecule has 23 heavy (non-hydrogen) atoms. The molecule has 4 heteroatoms. The highest BCUT2D eigenvalue weighted by Gasteiger charge is 2.07. The van der Waals surface area contributed by atoms with Crippen LogP contribution in [0, 0.1) is 6.92 Å². The highest BCUT2D eigenvalue weighted by Crippen LogP contribution is 2.29. The first-order valence-electron chi connectivity index (χ1n) is 7.61. The van der Waals surface area contributed by atoms with Gasteiger partial charge in [0.15, 0.2) is 0 Å². The van der Waals surface area contributed by atoms with Crippen LogP contribution in [0.2, 0.25) is 0 Å². The van der Waals surface area contributed by atoms with Gasteiger partial charge in [-0.2, -0.15) is 5.10 Å². The molecule has 0 radical (unpaired) electrons. The molecule has 0 saturated heterocycles. The quantitative estimate of drug-likeness (QED) is 0.784. The van der Waals surface area contributed by atoms with Crippen molar-refractivity contribution in [2.24, 2.45) is 0 Å². The van der Waals surface area contributed by atoms with E-state index in [0.29, 0.717) is 6.54 Å². The van der Waals surface area contributed by atoms with Crippen molar-refractivity contribution in [3.05, 3.63) is 60.3 Å². The van der Waals surface area contributed by atoms with Crippen LogP contribution in [0.3, 0.4) is 0 Å². The average molecular weight is 308 g/mol. The Balaban J connectivity index is 1.96. The van der Waals surface area contributed by atoms with Crippen molar-refractivity contribution in [1.29, 1.82) is 0 Å². The summed E-state index contributed by atoms with van der Waals surface area (Å²) < 4.78 is 7.02. The third kappa shape index (κ3) is 3.27. The maximum Gasteiger partial charge on any atom is 0.119 e. The molecule has 1 heterocycles. The Hall–Kier alpha value is -2.59. The molecule has 0 aliphatic carbocycles. The smallest absolute Gasteiger partial charge is 0.119 e. The molecular formula is C19H20N2O2. The van der Waals surface area contributed by atoms with Gasteiger partial charge in [-0.25, -0.2) is 0 Å². The maximum absolute atomic E-state index is 8.99. The Morgan fingerprint density at radius 2 is 1.91 bits per heavy atom. The third-order valence-electron chi connectivity index (χ3n) is 3.87. The summed E-state index contributed by atoms with van der Waals surface area (Å²) in [5, 5.41) is 13.5. The summed E-state index contributed by atoms with van der Waals surface area (Å²) >= 11 is 0. The number of nitrogens with zero attached hydrogens (tertiary/aromatic N) is 2. The van der Waals surface area contributed by atoms with Gasteiger partial charge < -0.3 is 9.84 Å². The van der Waals surface area contributed by atoms with E-state index in [1.165, 1.54) is 11.1 Å². The Labute approximate surface area is 136 Å². The van der Waals surface area contributed by atoms with Crippen LogP contribution in [0.5, 0.6) is 5.75 Å². The van der Waals surface area contributed by atoms with Gasteiger partial charge >= 0.3 is 0 Å². The van der Waals surface area contributed by atoms with Gasteiger partial charge in [0.05, 0.1) is 26.0 Å². The number of aryl methyl sites for hydroxylation is 1. The molecule has 0 aliphatic heterocycles. The number of methoxy groups -OCH3 is 1. The van der Waals surface area contributed by atoms with Crippen LogP contribution in [0.15, 0.2) is 54.7 Å². The zero-order valence-corrected chi connectivity index (χ0v) is 13.4. The second-order valence-electron chi connectivity index (χ2n) is 5.45. The Bertz CT molecular complexity index is 809. The molecule has 0 aliphatic rings.